The maximum absolute atomic E-state index is 12.4. The van der Waals surface area contributed by atoms with E-state index in [0.717, 1.165) is 15.9 Å². The van der Waals surface area contributed by atoms with Crippen LogP contribution in [0.2, 0.25) is 0 Å². The fourth-order valence-electron chi connectivity index (χ4n) is 2.75. The summed E-state index contributed by atoms with van der Waals surface area (Å²) in [5, 5.41) is 19.7. The van der Waals surface area contributed by atoms with Gasteiger partial charge in [-0.05, 0) is 33.3 Å². The average molecular weight is 380 g/mol. The van der Waals surface area contributed by atoms with Crippen molar-refractivity contribution in [3.63, 3.8) is 0 Å². The molecular formula is C17H24N4O4S. The van der Waals surface area contributed by atoms with Crippen molar-refractivity contribution < 1.29 is 19.5 Å². The van der Waals surface area contributed by atoms with E-state index in [1.54, 1.807) is 10.7 Å². The molecule has 2 rings (SSSR count). The predicted molar refractivity (Wildman–Crippen MR) is 99.3 cm³/mol. The molecule has 0 aliphatic heterocycles. The van der Waals surface area contributed by atoms with E-state index in [0.29, 0.717) is 17.7 Å². The SMILES string of the molecule is CCCC(C)(NC(=O)C(C)NC(=O)c1cc2c(C)nn(C)c2s1)C(=O)O. The highest BCUT2D eigenvalue weighted by atomic mass is 32.1. The van der Waals surface area contributed by atoms with Gasteiger partial charge in [0.05, 0.1) is 10.6 Å². The first-order chi connectivity index (χ1) is 12.1. The molecule has 0 bridgehead atoms. The second-order valence-electron chi connectivity index (χ2n) is 6.61. The minimum absolute atomic E-state index is 0.303. The Kier molecular flexibility index (Phi) is 5.70. The zero-order valence-electron chi connectivity index (χ0n) is 15.5. The molecule has 0 spiro atoms. The number of aromatic nitrogens is 2. The van der Waals surface area contributed by atoms with Crippen LogP contribution in [0, 0.1) is 6.92 Å². The molecule has 0 saturated heterocycles. The van der Waals surface area contributed by atoms with Gasteiger partial charge in [-0.3, -0.25) is 14.3 Å². The molecule has 2 amide bonds. The van der Waals surface area contributed by atoms with Gasteiger partial charge in [0.2, 0.25) is 5.91 Å². The first-order valence-electron chi connectivity index (χ1n) is 8.38. The Morgan fingerprint density at radius 2 is 2.08 bits per heavy atom. The molecule has 8 nitrogen and oxygen atoms in total. The molecule has 142 valence electrons. The van der Waals surface area contributed by atoms with Gasteiger partial charge in [-0.25, -0.2) is 4.79 Å². The summed E-state index contributed by atoms with van der Waals surface area (Å²) in [5.41, 5.74) is -0.522. The molecule has 3 N–H and O–H groups in total. The Labute approximate surface area is 155 Å². The number of rotatable bonds is 7. The molecule has 2 heterocycles. The number of carboxylic acids is 1. The lowest BCUT2D eigenvalue weighted by molar-refractivity contribution is -0.147. The molecule has 0 fully saturated rings. The lowest BCUT2D eigenvalue weighted by Gasteiger charge is -2.27. The van der Waals surface area contributed by atoms with E-state index in [1.807, 2.05) is 20.9 Å². The Morgan fingerprint density at radius 1 is 1.42 bits per heavy atom. The molecule has 0 aliphatic carbocycles. The second-order valence-corrected chi connectivity index (χ2v) is 7.64. The number of hydrogen-bond acceptors (Lipinski definition) is 5. The number of aliphatic carboxylic acids is 1. The Bertz CT molecular complexity index is 822. The highest BCUT2D eigenvalue weighted by Crippen LogP contribution is 2.27. The van der Waals surface area contributed by atoms with Gasteiger partial charge in [0, 0.05) is 12.4 Å². The van der Waals surface area contributed by atoms with Gasteiger partial charge in [-0.2, -0.15) is 5.10 Å². The van der Waals surface area contributed by atoms with Gasteiger partial charge in [-0.15, -0.1) is 11.3 Å². The number of carbonyl (C=O) groups is 3. The molecule has 0 radical (unpaired) electrons. The summed E-state index contributed by atoms with van der Waals surface area (Å²) in [7, 11) is 1.81. The molecule has 2 unspecified atom stereocenters. The van der Waals surface area contributed by atoms with Crippen molar-refractivity contribution in [3.8, 4) is 0 Å². The van der Waals surface area contributed by atoms with Gasteiger partial charge in [0.25, 0.3) is 5.91 Å². The number of aryl methyl sites for hydroxylation is 2. The van der Waals surface area contributed by atoms with Gasteiger partial charge < -0.3 is 15.7 Å². The number of nitrogens with zero attached hydrogens (tertiary/aromatic N) is 2. The number of nitrogens with one attached hydrogen (secondary N) is 2. The van der Waals surface area contributed by atoms with Gasteiger partial charge in [0.15, 0.2) is 0 Å². The molecule has 9 heteroatoms. The maximum atomic E-state index is 12.4. The number of amides is 2. The number of carbonyl (C=O) groups excluding carboxylic acids is 2. The third kappa shape index (κ3) is 3.87. The zero-order chi connectivity index (χ0) is 19.6. The minimum atomic E-state index is -1.36. The summed E-state index contributed by atoms with van der Waals surface area (Å²) in [6, 6.07) is 0.892. The standard InChI is InChI=1S/C17H24N4O4S/c1-6-7-17(4,16(24)25)19-13(22)10(3)18-14(23)12-8-11-9(2)20-21(5)15(11)26-12/h8,10H,6-7H2,1-5H3,(H,18,23)(H,19,22)(H,24,25). The monoisotopic (exact) mass is 380 g/mol. The molecule has 0 aliphatic rings. The lowest BCUT2D eigenvalue weighted by atomic mass is 9.96. The first kappa shape index (κ1) is 19.9. The fraction of sp³-hybridized carbons (Fsp3) is 0.529. The van der Waals surface area contributed by atoms with Crippen LogP contribution in [0.25, 0.3) is 10.2 Å². The van der Waals surface area contributed by atoms with E-state index in [1.165, 1.54) is 25.2 Å². The molecule has 26 heavy (non-hydrogen) atoms. The van der Waals surface area contributed by atoms with E-state index < -0.39 is 23.5 Å². The highest BCUT2D eigenvalue weighted by Gasteiger charge is 2.35. The highest BCUT2D eigenvalue weighted by molar-refractivity contribution is 7.20. The van der Waals surface area contributed by atoms with Crippen molar-refractivity contribution in [3.05, 3.63) is 16.6 Å². The van der Waals surface area contributed by atoms with Crippen LogP contribution in [0.4, 0.5) is 0 Å². The fourth-order valence-corrected chi connectivity index (χ4v) is 3.78. The van der Waals surface area contributed by atoms with Crippen LogP contribution in [-0.2, 0) is 16.6 Å². The number of carboxylic acid groups (broad SMARTS) is 1. The summed E-state index contributed by atoms with van der Waals surface area (Å²) in [6.45, 7) is 6.71. The quantitative estimate of drug-likeness (QED) is 0.678. The van der Waals surface area contributed by atoms with Crippen LogP contribution in [0.1, 0.15) is 49.0 Å². The van der Waals surface area contributed by atoms with E-state index in [9.17, 15) is 19.5 Å². The van der Waals surface area contributed by atoms with Crippen molar-refractivity contribution in [2.75, 3.05) is 0 Å². The Morgan fingerprint density at radius 3 is 2.62 bits per heavy atom. The van der Waals surface area contributed by atoms with Crippen LogP contribution in [0.3, 0.4) is 0 Å². The predicted octanol–water partition coefficient (Wildman–Crippen LogP) is 1.82. The Hall–Kier alpha value is -2.42. The van der Waals surface area contributed by atoms with Crippen LogP contribution in [0.15, 0.2) is 6.07 Å². The normalized spacial score (nSPS) is 14.7. The van der Waals surface area contributed by atoms with Crippen molar-refractivity contribution >= 4 is 39.3 Å². The maximum Gasteiger partial charge on any atom is 0.329 e. The van der Waals surface area contributed by atoms with Crippen LogP contribution in [0.5, 0.6) is 0 Å². The van der Waals surface area contributed by atoms with Crippen molar-refractivity contribution in [1.29, 1.82) is 0 Å². The first-order valence-corrected chi connectivity index (χ1v) is 9.20. The topological polar surface area (TPSA) is 113 Å². The summed E-state index contributed by atoms with van der Waals surface area (Å²) < 4.78 is 1.71. The molecule has 0 aromatic carbocycles. The second kappa shape index (κ2) is 7.45. The van der Waals surface area contributed by atoms with Gasteiger partial charge in [0.1, 0.15) is 16.4 Å². The van der Waals surface area contributed by atoms with E-state index >= 15 is 0 Å². The third-order valence-corrected chi connectivity index (χ3v) is 5.48. The van der Waals surface area contributed by atoms with Crippen molar-refractivity contribution in [2.24, 2.45) is 7.05 Å². The van der Waals surface area contributed by atoms with Crippen molar-refractivity contribution in [1.82, 2.24) is 20.4 Å². The van der Waals surface area contributed by atoms with Crippen LogP contribution >= 0.6 is 11.3 Å². The van der Waals surface area contributed by atoms with E-state index in [2.05, 4.69) is 15.7 Å². The third-order valence-electron chi connectivity index (χ3n) is 4.28. The molecular weight excluding hydrogens is 356 g/mol. The zero-order valence-corrected chi connectivity index (χ0v) is 16.4. The molecule has 2 aromatic rings. The van der Waals surface area contributed by atoms with E-state index in [-0.39, 0.29) is 5.91 Å². The summed E-state index contributed by atoms with van der Waals surface area (Å²) in [4.78, 5) is 37.6. The van der Waals surface area contributed by atoms with Crippen LogP contribution < -0.4 is 10.6 Å². The largest absolute Gasteiger partial charge is 0.480 e. The van der Waals surface area contributed by atoms with Gasteiger partial charge >= 0.3 is 5.97 Å². The number of hydrogen-bond donors (Lipinski definition) is 3. The summed E-state index contributed by atoms with van der Waals surface area (Å²) in [6.07, 6.45) is 0.913. The lowest BCUT2D eigenvalue weighted by Crippen LogP contribution is -2.57. The molecule has 2 atom stereocenters. The smallest absolute Gasteiger partial charge is 0.329 e. The molecule has 2 aromatic heterocycles. The van der Waals surface area contributed by atoms with E-state index in [4.69, 9.17) is 0 Å². The van der Waals surface area contributed by atoms with Crippen LogP contribution in [-0.4, -0.2) is 44.3 Å². The average Bonchev–Trinajstić information content (AvgIpc) is 3.09. The van der Waals surface area contributed by atoms with Crippen molar-refractivity contribution in [2.45, 2.75) is 52.1 Å². The summed E-state index contributed by atoms with van der Waals surface area (Å²) in [5.74, 6) is -2.00. The Balaban J connectivity index is 2.08. The summed E-state index contributed by atoms with van der Waals surface area (Å²) >= 11 is 1.30. The number of fused-ring (bicyclic) bond motifs is 1. The minimum Gasteiger partial charge on any atom is -0.480 e. The number of thiophene rings is 1. The molecule has 0 saturated carbocycles. The van der Waals surface area contributed by atoms with Gasteiger partial charge in [-0.1, -0.05) is 13.3 Å².